The summed E-state index contributed by atoms with van der Waals surface area (Å²) in [5.74, 6) is 10.9. The van der Waals surface area contributed by atoms with Crippen LogP contribution in [-0.4, -0.2) is 22.2 Å². The number of hydrogen-bond donors (Lipinski definition) is 2. The number of aliphatic carboxylic acids is 2. The average Bonchev–Trinajstić information content (AvgIpc) is 3.02. The van der Waals surface area contributed by atoms with Crippen LogP contribution in [0.3, 0.4) is 0 Å². The van der Waals surface area contributed by atoms with Crippen LogP contribution in [0.2, 0.25) is 0 Å². The molecule has 0 rings (SSSR count). The molecule has 0 aliphatic heterocycles. The molecule has 4 nitrogen and oxygen atoms in total. The fourth-order valence-corrected chi connectivity index (χ4v) is 5.40. The van der Waals surface area contributed by atoms with Crippen LogP contribution in [0.1, 0.15) is 226 Å². The minimum Gasteiger partial charge on any atom is -0.481 e. The number of carbonyl (C=O) groups is 2. The molecule has 0 saturated heterocycles. The molecule has 0 fully saturated rings. The molecule has 0 spiro atoms. The Bertz CT molecular complexity index is 736. The van der Waals surface area contributed by atoms with E-state index in [9.17, 15) is 9.59 Å². The fraction of sp³-hybridized carbons (Fsp3) is 0.854. The standard InChI is InChI=1S/C23H38O2.C18H36O2/c1-2-3-4-5-6-7-8-9-10-11-12-13-14-15-16-17-18-19-20-21-22-23(24)25;1-2-3-4-5-6-7-8-9-10-11-12-13-14-15-16-17-18(19)20/h2-10,15-22H2,1H3,(H,24,25);2-17H2,1H3,(H,19,20). The highest BCUT2D eigenvalue weighted by molar-refractivity contribution is 5.66. The first-order valence-corrected chi connectivity index (χ1v) is 19.4. The third-order valence-corrected chi connectivity index (χ3v) is 8.33. The predicted molar refractivity (Wildman–Crippen MR) is 195 cm³/mol. The van der Waals surface area contributed by atoms with Crippen LogP contribution in [0.15, 0.2) is 0 Å². The lowest BCUT2D eigenvalue weighted by atomic mass is 10.0. The average molecular weight is 631 g/mol. The molecule has 0 unspecified atom stereocenters. The Morgan fingerprint density at radius 2 is 0.578 bits per heavy atom. The van der Waals surface area contributed by atoms with Crippen LogP contribution in [0.5, 0.6) is 0 Å². The van der Waals surface area contributed by atoms with Crippen molar-refractivity contribution < 1.29 is 19.8 Å². The number of unbranched alkanes of at least 4 members (excludes halogenated alkanes) is 28. The van der Waals surface area contributed by atoms with Crippen LogP contribution in [0, 0.1) is 23.7 Å². The van der Waals surface area contributed by atoms with Crippen LogP contribution in [0.4, 0.5) is 0 Å². The first-order valence-electron chi connectivity index (χ1n) is 19.4. The summed E-state index contributed by atoms with van der Waals surface area (Å²) >= 11 is 0. The van der Waals surface area contributed by atoms with E-state index in [0.717, 1.165) is 51.4 Å². The second kappa shape index (κ2) is 42.1. The molecule has 0 amide bonds. The Morgan fingerprint density at radius 3 is 0.822 bits per heavy atom. The summed E-state index contributed by atoms with van der Waals surface area (Å²) in [6, 6.07) is 0. The van der Waals surface area contributed by atoms with Crippen molar-refractivity contribution in [2.45, 2.75) is 226 Å². The van der Waals surface area contributed by atoms with Gasteiger partial charge >= 0.3 is 11.9 Å². The first-order chi connectivity index (χ1) is 22.0. The minimum absolute atomic E-state index is 0.309. The van der Waals surface area contributed by atoms with Crippen LogP contribution in [-0.2, 0) is 9.59 Å². The van der Waals surface area contributed by atoms with Crippen molar-refractivity contribution in [2.24, 2.45) is 0 Å². The summed E-state index contributed by atoms with van der Waals surface area (Å²) < 4.78 is 0. The molecule has 45 heavy (non-hydrogen) atoms. The molecule has 4 heteroatoms. The zero-order valence-corrected chi connectivity index (χ0v) is 30.0. The molecule has 0 aliphatic rings. The highest BCUT2D eigenvalue weighted by Crippen LogP contribution is 2.14. The maximum Gasteiger partial charge on any atom is 0.303 e. The second-order valence-electron chi connectivity index (χ2n) is 12.9. The molecule has 0 aromatic heterocycles. The summed E-state index contributed by atoms with van der Waals surface area (Å²) in [6.07, 6.45) is 39.7. The Hall–Kier alpha value is -1.94. The van der Waals surface area contributed by atoms with E-state index < -0.39 is 11.9 Å². The lowest BCUT2D eigenvalue weighted by molar-refractivity contribution is -0.138. The van der Waals surface area contributed by atoms with Crippen LogP contribution < -0.4 is 0 Å². The van der Waals surface area contributed by atoms with Gasteiger partial charge in [0.05, 0.1) is 0 Å². The van der Waals surface area contributed by atoms with Crippen molar-refractivity contribution in [2.75, 3.05) is 0 Å². The van der Waals surface area contributed by atoms with E-state index in [-0.39, 0.29) is 0 Å². The molecule has 0 aliphatic carbocycles. The largest absolute Gasteiger partial charge is 0.481 e. The molecule has 262 valence electrons. The molecule has 0 saturated carbocycles. The van der Waals surface area contributed by atoms with E-state index in [1.165, 1.54) is 148 Å². The van der Waals surface area contributed by atoms with E-state index in [1.807, 2.05) is 0 Å². The maximum atomic E-state index is 10.4. The monoisotopic (exact) mass is 631 g/mol. The zero-order chi connectivity index (χ0) is 33.3. The Kier molecular flexibility index (Phi) is 42.2. The fourth-order valence-electron chi connectivity index (χ4n) is 5.40. The molecule has 0 atom stereocenters. The lowest BCUT2D eigenvalue weighted by Crippen LogP contribution is -1.93. The molecule has 0 radical (unpaired) electrons. The topological polar surface area (TPSA) is 74.6 Å². The predicted octanol–water partition coefficient (Wildman–Crippen LogP) is 13.1. The van der Waals surface area contributed by atoms with Crippen molar-refractivity contribution in [3.63, 3.8) is 0 Å². The Labute approximate surface area is 280 Å². The second-order valence-corrected chi connectivity index (χ2v) is 12.9. The van der Waals surface area contributed by atoms with Gasteiger partial charge < -0.3 is 10.2 Å². The van der Waals surface area contributed by atoms with Crippen molar-refractivity contribution >= 4 is 11.9 Å². The van der Waals surface area contributed by atoms with Gasteiger partial charge in [0.1, 0.15) is 0 Å². The van der Waals surface area contributed by atoms with Crippen molar-refractivity contribution in [1.82, 2.24) is 0 Å². The first kappa shape index (κ1) is 45.2. The van der Waals surface area contributed by atoms with E-state index in [2.05, 4.69) is 37.5 Å². The molecule has 0 bridgehead atoms. The van der Waals surface area contributed by atoms with Crippen molar-refractivity contribution in [3.05, 3.63) is 0 Å². The highest BCUT2D eigenvalue weighted by Gasteiger charge is 1.98. The Morgan fingerprint density at radius 1 is 0.356 bits per heavy atom. The van der Waals surface area contributed by atoms with Gasteiger partial charge in [0, 0.05) is 25.7 Å². The van der Waals surface area contributed by atoms with Gasteiger partial charge in [0.15, 0.2) is 0 Å². The number of carboxylic acids is 2. The van der Waals surface area contributed by atoms with Gasteiger partial charge in [-0.15, -0.1) is 0 Å². The molecular formula is C41H74O4. The molecule has 0 aromatic rings. The van der Waals surface area contributed by atoms with E-state index in [4.69, 9.17) is 10.2 Å². The smallest absolute Gasteiger partial charge is 0.303 e. The summed E-state index contributed by atoms with van der Waals surface area (Å²) in [6.45, 7) is 4.53. The molecule has 2 N–H and O–H groups in total. The van der Waals surface area contributed by atoms with Gasteiger partial charge in [-0.1, -0.05) is 186 Å². The molecule has 0 aromatic carbocycles. The van der Waals surface area contributed by atoms with Gasteiger partial charge in [0.2, 0.25) is 0 Å². The summed E-state index contributed by atoms with van der Waals surface area (Å²) in [4.78, 5) is 20.7. The van der Waals surface area contributed by atoms with Crippen molar-refractivity contribution in [3.8, 4) is 23.7 Å². The van der Waals surface area contributed by atoms with Crippen LogP contribution in [0.25, 0.3) is 0 Å². The number of rotatable bonds is 32. The van der Waals surface area contributed by atoms with Gasteiger partial charge in [-0.25, -0.2) is 0 Å². The zero-order valence-electron chi connectivity index (χ0n) is 30.0. The van der Waals surface area contributed by atoms with E-state index in [0.29, 0.717) is 12.8 Å². The van der Waals surface area contributed by atoms with Gasteiger partial charge in [-0.05, 0) is 37.5 Å². The summed E-state index contributed by atoms with van der Waals surface area (Å²) in [5, 5.41) is 17.1. The van der Waals surface area contributed by atoms with E-state index >= 15 is 0 Å². The third-order valence-electron chi connectivity index (χ3n) is 8.33. The van der Waals surface area contributed by atoms with Gasteiger partial charge in [-0.3, -0.25) is 9.59 Å². The summed E-state index contributed by atoms with van der Waals surface area (Å²) in [7, 11) is 0. The normalized spacial score (nSPS) is 10.3. The van der Waals surface area contributed by atoms with Crippen molar-refractivity contribution in [1.29, 1.82) is 0 Å². The maximum absolute atomic E-state index is 10.4. The quantitative estimate of drug-likeness (QED) is 0.0573. The van der Waals surface area contributed by atoms with Gasteiger partial charge in [-0.2, -0.15) is 0 Å². The highest BCUT2D eigenvalue weighted by atomic mass is 16.4. The SMILES string of the molecule is CCCCCCCCCCC#CC#CCCCCCCCCC(=O)O.CCCCCCCCCCCCCCCCCC(=O)O. The lowest BCUT2D eigenvalue weighted by Gasteiger charge is -2.03. The van der Waals surface area contributed by atoms with E-state index in [1.54, 1.807) is 0 Å². The van der Waals surface area contributed by atoms with Gasteiger partial charge in [0.25, 0.3) is 0 Å². The minimum atomic E-state index is -0.682. The Balaban J connectivity index is 0. The van der Waals surface area contributed by atoms with Crippen LogP contribution >= 0.6 is 0 Å². The molecule has 0 heterocycles. The number of carboxylic acid groups (broad SMARTS) is 2. The third kappa shape index (κ3) is 49.1. The summed E-state index contributed by atoms with van der Waals surface area (Å²) in [5.41, 5.74) is 0. The molecular weight excluding hydrogens is 556 g/mol. The number of hydrogen-bond acceptors (Lipinski definition) is 2.